The SMILES string of the molecule is CCCN(C)C1CNCC1O. The Kier molecular flexibility index (Phi) is 3.30. The Balaban J connectivity index is 2.33. The summed E-state index contributed by atoms with van der Waals surface area (Å²) in [4.78, 5) is 2.23. The molecule has 2 atom stereocenters. The second-order valence-corrected chi connectivity index (χ2v) is 3.27. The van der Waals surface area contributed by atoms with E-state index in [4.69, 9.17) is 0 Å². The minimum Gasteiger partial charge on any atom is -0.390 e. The molecule has 0 aromatic heterocycles. The smallest absolute Gasteiger partial charge is 0.0831 e. The first kappa shape index (κ1) is 8.97. The molecular formula is C8H18N2O. The first-order valence-corrected chi connectivity index (χ1v) is 4.34. The van der Waals surface area contributed by atoms with E-state index in [9.17, 15) is 5.11 Å². The summed E-state index contributed by atoms with van der Waals surface area (Å²) in [7, 11) is 2.07. The fourth-order valence-corrected chi connectivity index (χ4v) is 1.62. The van der Waals surface area contributed by atoms with Crippen molar-refractivity contribution >= 4 is 0 Å². The number of nitrogens with zero attached hydrogens (tertiary/aromatic N) is 1. The highest BCUT2D eigenvalue weighted by molar-refractivity contribution is 4.86. The molecular weight excluding hydrogens is 140 g/mol. The number of nitrogens with one attached hydrogen (secondary N) is 1. The first-order valence-electron chi connectivity index (χ1n) is 4.34. The van der Waals surface area contributed by atoms with Gasteiger partial charge in [-0.3, -0.25) is 4.90 Å². The number of aliphatic hydroxyl groups is 1. The molecule has 0 spiro atoms. The van der Waals surface area contributed by atoms with E-state index in [0.29, 0.717) is 6.04 Å². The van der Waals surface area contributed by atoms with E-state index in [1.807, 2.05) is 0 Å². The lowest BCUT2D eigenvalue weighted by atomic mass is 10.2. The lowest BCUT2D eigenvalue weighted by molar-refractivity contribution is 0.0996. The van der Waals surface area contributed by atoms with Gasteiger partial charge in [0.25, 0.3) is 0 Å². The Morgan fingerprint density at radius 2 is 2.27 bits per heavy atom. The zero-order valence-electron chi connectivity index (χ0n) is 7.38. The van der Waals surface area contributed by atoms with Crippen molar-refractivity contribution in [2.24, 2.45) is 0 Å². The molecule has 3 heteroatoms. The van der Waals surface area contributed by atoms with Gasteiger partial charge in [0.05, 0.1) is 6.10 Å². The zero-order valence-corrected chi connectivity index (χ0v) is 7.38. The molecule has 0 saturated carbocycles. The highest BCUT2D eigenvalue weighted by Gasteiger charge is 2.27. The van der Waals surface area contributed by atoms with E-state index in [0.717, 1.165) is 26.1 Å². The third-order valence-corrected chi connectivity index (χ3v) is 2.29. The van der Waals surface area contributed by atoms with Crippen LogP contribution in [0.5, 0.6) is 0 Å². The van der Waals surface area contributed by atoms with Gasteiger partial charge in [0, 0.05) is 19.1 Å². The van der Waals surface area contributed by atoms with Crippen molar-refractivity contribution in [2.75, 3.05) is 26.7 Å². The molecule has 0 bridgehead atoms. The summed E-state index contributed by atoms with van der Waals surface area (Å²) in [6.07, 6.45) is 0.978. The molecule has 0 amide bonds. The lowest BCUT2D eigenvalue weighted by Gasteiger charge is -2.25. The van der Waals surface area contributed by atoms with E-state index in [1.165, 1.54) is 0 Å². The van der Waals surface area contributed by atoms with Crippen molar-refractivity contribution in [1.82, 2.24) is 10.2 Å². The molecule has 1 saturated heterocycles. The molecule has 1 aliphatic heterocycles. The molecule has 1 heterocycles. The van der Waals surface area contributed by atoms with Gasteiger partial charge in [-0.25, -0.2) is 0 Å². The van der Waals surface area contributed by atoms with Crippen molar-refractivity contribution in [3.63, 3.8) is 0 Å². The molecule has 1 aliphatic rings. The van der Waals surface area contributed by atoms with Crippen LogP contribution in [0.25, 0.3) is 0 Å². The number of aliphatic hydroxyl groups excluding tert-OH is 1. The van der Waals surface area contributed by atoms with Gasteiger partial charge < -0.3 is 10.4 Å². The van der Waals surface area contributed by atoms with E-state index in [-0.39, 0.29) is 6.10 Å². The Hall–Kier alpha value is -0.120. The van der Waals surface area contributed by atoms with Gasteiger partial charge in [0.15, 0.2) is 0 Å². The van der Waals surface area contributed by atoms with Crippen LogP contribution in [0.1, 0.15) is 13.3 Å². The maximum absolute atomic E-state index is 9.48. The third-order valence-electron chi connectivity index (χ3n) is 2.29. The summed E-state index contributed by atoms with van der Waals surface area (Å²) in [6, 6.07) is 0.329. The summed E-state index contributed by atoms with van der Waals surface area (Å²) in [5.41, 5.74) is 0. The molecule has 11 heavy (non-hydrogen) atoms. The molecule has 3 nitrogen and oxygen atoms in total. The Labute approximate surface area is 68.4 Å². The van der Waals surface area contributed by atoms with Crippen molar-refractivity contribution in [2.45, 2.75) is 25.5 Å². The normalized spacial score (nSPS) is 31.6. The van der Waals surface area contributed by atoms with Crippen LogP contribution in [0.3, 0.4) is 0 Å². The van der Waals surface area contributed by atoms with Crippen molar-refractivity contribution in [3.8, 4) is 0 Å². The van der Waals surface area contributed by atoms with Gasteiger partial charge in [-0.05, 0) is 20.0 Å². The van der Waals surface area contributed by atoms with Crippen LogP contribution in [0.2, 0.25) is 0 Å². The second kappa shape index (κ2) is 4.04. The third kappa shape index (κ3) is 2.15. The number of likely N-dealkylation sites (N-methyl/N-ethyl adjacent to an activating group) is 1. The maximum Gasteiger partial charge on any atom is 0.0831 e. The largest absolute Gasteiger partial charge is 0.390 e. The quantitative estimate of drug-likeness (QED) is 0.590. The van der Waals surface area contributed by atoms with Gasteiger partial charge >= 0.3 is 0 Å². The highest BCUT2D eigenvalue weighted by Crippen LogP contribution is 2.07. The number of rotatable bonds is 3. The van der Waals surface area contributed by atoms with Gasteiger partial charge in [0.2, 0.25) is 0 Å². The van der Waals surface area contributed by atoms with Gasteiger partial charge in [-0.1, -0.05) is 6.92 Å². The van der Waals surface area contributed by atoms with E-state index >= 15 is 0 Å². The van der Waals surface area contributed by atoms with Crippen molar-refractivity contribution in [1.29, 1.82) is 0 Å². The molecule has 1 rings (SSSR count). The van der Waals surface area contributed by atoms with Crippen molar-refractivity contribution in [3.05, 3.63) is 0 Å². The molecule has 2 unspecified atom stereocenters. The van der Waals surface area contributed by atoms with Crippen LogP contribution in [0.15, 0.2) is 0 Å². The molecule has 2 N–H and O–H groups in total. The topological polar surface area (TPSA) is 35.5 Å². The fraction of sp³-hybridized carbons (Fsp3) is 1.00. The molecule has 66 valence electrons. The summed E-state index contributed by atoms with van der Waals surface area (Å²) in [5.74, 6) is 0. The van der Waals surface area contributed by atoms with E-state index in [2.05, 4.69) is 24.2 Å². The van der Waals surface area contributed by atoms with Crippen LogP contribution < -0.4 is 5.32 Å². The van der Waals surface area contributed by atoms with Crippen LogP contribution >= 0.6 is 0 Å². The van der Waals surface area contributed by atoms with Gasteiger partial charge in [-0.15, -0.1) is 0 Å². The average Bonchev–Trinajstić information content (AvgIpc) is 2.36. The van der Waals surface area contributed by atoms with Crippen LogP contribution in [-0.2, 0) is 0 Å². The predicted octanol–water partition coefficient (Wildman–Crippen LogP) is -0.339. The zero-order chi connectivity index (χ0) is 8.27. The van der Waals surface area contributed by atoms with Crippen LogP contribution in [0, 0.1) is 0 Å². The average molecular weight is 158 g/mol. The number of hydrogen-bond donors (Lipinski definition) is 2. The van der Waals surface area contributed by atoms with Gasteiger partial charge in [0.1, 0.15) is 0 Å². The standard InChI is InChI=1S/C8H18N2O/c1-3-4-10(2)7-5-9-6-8(7)11/h7-9,11H,3-6H2,1-2H3. The molecule has 0 aliphatic carbocycles. The summed E-state index contributed by atoms with van der Waals surface area (Å²) in [6.45, 7) is 4.91. The molecule has 0 radical (unpaired) electrons. The second-order valence-electron chi connectivity index (χ2n) is 3.27. The minimum absolute atomic E-state index is 0.174. The lowest BCUT2D eigenvalue weighted by Crippen LogP contribution is -2.40. The Morgan fingerprint density at radius 3 is 2.73 bits per heavy atom. The molecule has 1 fully saturated rings. The van der Waals surface area contributed by atoms with E-state index in [1.54, 1.807) is 0 Å². The van der Waals surface area contributed by atoms with Crippen LogP contribution in [-0.4, -0.2) is 48.8 Å². The number of β-amino-alcohol motifs (C(OH)–C–C–N with tert-alkyl or cyclic N) is 1. The Bertz CT molecular complexity index is 119. The van der Waals surface area contributed by atoms with E-state index < -0.39 is 0 Å². The predicted molar refractivity (Wildman–Crippen MR) is 45.6 cm³/mol. The maximum atomic E-state index is 9.48. The summed E-state index contributed by atoms with van der Waals surface area (Å²) >= 11 is 0. The van der Waals surface area contributed by atoms with Crippen molar-refractivity contribution < 1.29 is 5.11 Å². The number of hydrogen-bond acceptors (Lipinski definition) is 3. The van der Waals surface area contributed by atoms with Gasteiger partial charge in [-0.2, -0.15) is 0 Å². The minimum atomic E-state index is -0.174. The highest BCUT2D eigenvalue weighted by atomic mass is 16.3. The fourth-order valence-electron chi connectivity index (χ4n) is 1.62. The summed E-state index contributed by atoms with van der Waals surface area (Å²) < 4.78 is 0. The molecule has 0 aromatic rings. The Morgan fingerprint density at radius 1 is 1.55 bits per heavy atom. The first-order chi connectivity index (χ1) is 5.25. The summed E-state index contributed by atoms with van der Waals surface area (Å²) in [5, 5.41) is 12.7. The molecule has 0 aromatic carbocycles. The van der Waals surface area contributed by atoms with Crippen LogP contribution in [0.4, 0.5) is 0 Å². The monoisotopic (exact) mass is 158 g/mol.